The summed E-state index contributed by atoms with van der Waals surface area (Å²) in [5.41, 5.74) is 1.61. The van der Waals surface area contributed by atoms with Gasteiger partial charge in [0.25, 0.3) is 0 Å². The summed E-state index contributed by atoms with van der Waals surface area (Å²) in [5.74, 6) is 1.24. The van der Waals surface area contributed by atoms with Crippen LogP contribution in [0, 0.1) is 6.92 Å². The number of ether oxygens (including phenoxy) is 1. The highest BCUT2D eigenvalue weighted by Crippen LogP contribution is 2.26. The van der Waals surface area contributed by atoms with Crippen LogP contribution < -0.4 is 0 Å². The molecule has 0 aliphatic carbocycles. The average Bonchev–Trinajstić information content (AvgIpc) is 3.00. The van der Waals surface area contributed by atoms with E-state index in [4.69, 9.17) is 4.42 Å². The van der Waals surface area contributed by atoms with E-state index in [9.17, 15) is 4.79 Å². The summed E-state index contributed by atoms with van der Waals surface area (Å²) in [4.78, 5) is 16.3. The monoisotopic (exact) mass is 293 g/mol. The molecule has 0 aliphatic rings. The van der Waals surface area contributed by atoms with Crippen LogP contribution in [0.5, 0.6) is 0 Å². The lowest BCUT2D eigenvalue weighted by atomic mass is 10.1. The standard InChI is InChI=1S/C13H13NO3S.C2H6/c1-9-5-10(13(15)16-2)3-4-12(9)18-7-11-6-14-8-17-11;1-2/h3-6,8H,7H2,1-2H3;1-2H3. The van der Waals surface area contributed by atoms with Gasteiger partial charge >= 0.3 is 5.97 Å². The summed E-state index contributed by atoms with van der Waals surface area (Å²) in [7, 11) is 1.38. The number of thioether (sulfide) groups is 1. The SMILES string of the molecule is CC.COC(=O)c1ccc(SCc2cnco2)c(C)c1. The number of benzene rings is 1. The van der Waals surface area contributed by atoms with Gasteiger partial charge in [-0.25, -0.2) is 9.78 Å². The minimum atomic E-state index is -0.315. The molecule has 0 radical (unpaired) electrons. The maximum Gasteiger partial charge on any atom is 0.337 e. The molecule has 0 unspecified atom stereocenters. The van der Waals surface area contributed by atoms with Crippen molar-refractivity contribution in [2.24, 2.45) is 0 Å². The smallest absolute Gasteiger partial charge is 0.337 e. The van der Waals surface area contributed by atoms with Gasteiger partial charge in [0.05, 0.1) is 24.6 Å². The van der Waals surface area contributed by atoms with Crippen molar-refractivity contribution in [3.63, 3.8) is 0 Å². The lowest BCUT2D eigenvalue weighted by Gasteiger charge is -2.06. The van der Waals surface area contributed by atoms with Crippen molar-refractivity contribution < 1.29 is 13.9 Å². The molecule has 0 atom stereocenters. The Morgan fingerprint density at radius 2 is 2.15 bits per heavy atom. The van der Waals surface area contributed by atoms with Crippen molar-refractivity contribution in [2.45, 2.75) is 31.4 Å². The Morgan fingerprint density at radius 1 is 1.40 bits per heavy atom. The predicted molar refractivity (Wildman–Crippen MR) is 79.9 cm³/mol. The molecule has 0 spiro atoms. The first-order valence-electron chi connectivity index (χ1n) is 6.40. The molecule has 108 valence electrons. The molecule has 2 rings (SSSR count). The van der Waals surface area contributed by atoms with Gasteiger partial charge in [-0.15, -0.1) is 11.8 Å². The van der Waals surface area contributed by atoms with Crippen LogP contribution in [0.1, 0.15) is 35.5 Å². The molecule has 1 heterocycles. The van der Waals surface area contributed by atoms with Gasteiger partial charge in [-0.1, -0.05) is 13.8 Å². The summed E-state index contributed by atoms with van der Waals surface area (Å²) in [6.45, 7) is 5.97. The van der Waals surface area contributed by atoms with Gasteiger partial charge in [-0.2, -0.15) is 0 Å². The molecule has 1 aromatic carbocycles. The number of methoxy groups -OCH3 is 1. The van der Waals surface area contributed by atoms with Crippen molar-refractivity contribution in [1.29, 1.82) is 0 Å². The van der Waals surface area contributed by atoms with Crippen LogP contribution in [0.2, 0.25) is 0 Å². The minimum absolute atomic E-state index is 0.315. The molecule has 20 heavy (non-hydrogen) atoms. The van der Waals surface area contributed by atoms with Crippen LogP contribution in [0.25, 0.3) is 0 Å². The Hall–Kier alpha value is -1.75. The van der Waals surface area contributed by atoms with Crippen molar-refractivity contribution in [2.75, 3.05) is 7.11 Å². The summed E-state index contributed by atoms with van der Waals surface area (Å²) < 4.78 is 9.85. The second-order valence-electron chi connectivity index (χ2n) is 3.73. The van der Waals surface area contributed by atoms with Gasteiger partial charge < -0.3 is 9.15 Å². The Morgan fingerprint density at radius 3 is 2.70 bits per heavy atom. The lowest BCUT2D eigenvalue weighted by Crippen LogP contribution is -2.01. The third-order valence-corrected chi connectivity index (χ3v) is 3.65. The van der Waals surface area contributed by atoms with E-state index in [-0.39, 0.29) is 5.97 Å². The molecule has 4 nitrogen and oxygen atoms in total. The predicted octanol–water partition coefficient (Wildman–Crippen LogP) is 4.09. The summed E-state index contributed by atoms with van der Waals surface area (Å²) in [6, 6.07) is 5.51. The van der Waals surface area contributed by atoms with Crippen LogP contribution in [0.15, 0.2) is 40.1 Å². The number of carbonyl (C=O) groups excluding carboxylic acids is 1. The maximum absolute atomic E-state index is 11.4. The van der Waals surface area contributed by atoms with E-state index in [1.807, 2.05) is 32.9 Å². The molecule has 0 amide bonds. The topological polar surface area (TPSA) is 52.3 Å². The van der Waals surface area contributed by atoms with E-state index in [1.54, 1.807) is 24.0 Å². The van der Waals surface area contributed by atoms with Gasteiger partial charge in [0.15, 0.2) is 6.39 Å². The molecular formula is C15H19NO3S. The van der Waals surface area contributed by atoms with Gasteiger partial charge in [0.2, 0.25) is 0 Å². The zero-order valence-corrected chi connectivity index (χ0v) is 13.0. The van der Waals surface area contributed by atoms with E-state index in [1.165, 1.54) is 13.5 Å². The Kier molecular flexibility index (Phi) is 6.87. The van der Waals surface area contributed by atoms with Crippen molar-refractivity contribution in [3.8, 4) is 0 Å². The highest BCUT2D eigenvalue weighted by Gasteiger charge is 2.08. The number of aryl methyl sites for hydroxylation is 1. The maximum atomic E-state index is 11.4. The Bertz CT molecular complexity index is 538. The second kappa shape index (κ2) is 8.43. The van der Waals surface area contributed by atoms with E-state index in [0.29, 0.717) is 5.56 Å². The quantitative estimate of drug-likeness (QED) is 0.628. The Labute approximate surface area is 123 Å². The first kappa shape index (κ1) is 16.3. The lowest BCUT2D eigenvalue weighted by molar-refractivity contribution is 0.0600. The van der Waals surface area contributed by atoms with Crippen molar-refractivity contribution >= 4 is 17.7 Å². The zero-order chi connectivity index (χ0) is 15.0. The molecule has 0 aliphatic heterocycles. The Balaban J connectivity index is 0.000000956. The van der Waals surface area contributed by atoms with E-state index in [2.05, 4.69) is 9.72 Å². The van der Waals surface area contributed by atoms with E-state index in [0.717, 1.165) is 22.0 Å². The fourth-order valence-corrected chi connectivity index (χ4v) is 2.41. The number of rotatable bonds is 4. The van der Waals surface area contributed by atoms with E-state index < -0.39 is 0 Å². The molecular weight excluding hydrogens is 274 g/mol. The minimum Gasteiger partial charge on any atom is -0.465 e. The first-order valence-corrected chi connectivity index (χ1v) is 7.38. The number of hydrogen-bond donors (Lipinski definition) is 0. The van der Waals surface area contributed by atoms with Crippen LogP contribution in [0.3, 0.4) is 0 Å². The van der Waals surface area contributed by atoms with Gasteiger partial charge in [-0.05, 0) is 30.7 Å². The molecule has 0 fully saturated rings. The molecule has 5 heteroatoms. The number of aromatic nitrogens is 1. The van der Waals surface area contributed by atoms with Crippen molar-refractivity contribution in [1.82, 2.24) is 4.98 Å². The number of esters is 1. The average molecular weight is 293 g/mol. The fraction of sp³-hybridized carbons (Fsp3) is 0.333. The normalized spacial score (nSPS) is 9.60. The molecule has 0 bridgehead atoms. The second-order valence-corrected chi connectivity index (χ2v) is 4.75. The van der Waals surface area contributed by atoms with Gasteiger partial charge in [0, 0.05) is 4.90 Å². The molecule has 1 aromatic heterocycles. The summed E-state index contributed by atoms with van der Waals surface area (Å²) in [5, 5.41) is 0. The van der Waals surface area contributed by atoms with Crippen LogP contribution >= 0.6 is 11.8 Å². The number of oxazole rings is 1. The highest BCUT2D eigenvalue weighted by molar-refractivity contribution is 7.98. The fourth-order valence-electron chi connectivity index (χ4n) is 1.52. The first-order chi connectivity index (χ1) is 9.70. The largest absolute Gasteiger partial charge is 0.465 e. The summed E-state index contributed by atoms with van der Waals surface area (Å²) in [6.07, 6.45) is 3.12. The van der Waals surface area contributed by atoms with Crippen LogP contribution in [-0.4, -0.2) is 18.1 Å². The third-order valence-electron chi connectivity index (χ3n) is 2.45. The molecule has 0 N–H and O–H groups in total. The van der Waals surface area contributed by atoms with Crippen LogP contribution in [-0.2, 0) is 10.5 Å². The molecule has 2 aromatic rings. The van der Waals surface area contributed by atoms with Gasteiger partial charge in [0.1, 0.15) is 5.76 Å². The van der Waals surface area contributed by atoms with Crippen molar-refractivity contribution in [3.05, 3.63) is 47.7 Å². The highest BCUT2D eigenvalue weighted by atomic mass is 32.2. The molecule has 0 saturated heterocycles. The number of hydrogen-bond acceptors (Lipinski definition) is 5. The number of nitrogens with zero attached hydrogens (tertiary/aromatic N) is 1. The van der Waals surface area contributed by atoms with E-state index >= 15 is 0 Å². The zero-order valence-electron chi connectivity index (χ0n) is 12.2. The molecule has 0 saturated carbocycles. The summed E-state index contributed by atoms with van der Waals surface area (Å²) >= 11 is 1.65. The third kappa shape index (κ3) is 4.42. The number of carbonyl (C=O) groups is 1. The van der Waals surface area contributed by atoms with Gasteiger partial charge in [-0.3, -0.25) is 0 Å². The van der Waals surface area contributed by atoms with Crippen LogP contribution in [0.4, 0.5) is 0 Å².